The van der Waals surface area contributed by atoms with Gasteiger partial charge in [0.1, 0.15) is 5.15 Å². The van der Waals surface area contributed by atoms with E-state index in [4.69, 9.17) is 16.7 Å². The molecule has 0 spiro atoms. The van der Waals surface area contributed by atoms with Crippen LogP contribution in [0.25, 0.3) is 17.1 Å². The summed E-state index contributed by atoms with van der Waals surface area (Å²) in [6, 6.07) is 5.48. The number of nitrogens with zero attached hydrogens (tertiary/aromatic N) is 2. The zero-order valence-corrected chi connectivity index (χ0v) is 9.55. The zero-order valence-electron chi connectivity index (χ0n) is 8.80. The summed E-state index contributed by atoms with van der Waals surface area (Å²) < 4.78 is 0. The third kappa shape index (κ3) is 3.01. The first-order valence-electron chi connectivity index (χ1n) is 4.96. The van der Waals surface area contributed by atoms with E-state index in [2.05, 4.69) is 9.97 Å². The number of hydrogen-bond acceptors (Lipinski definition) is 3. The molecule has 86 valence electrons. The van der Waals surface area contributed by atoms with Gasteiger partial charge in [-0.1, -0.05) is 29.8 Å². The lowest BCUT2D eigenvalue weighted by molar-refractivity contribution is -0.135. The van der Waals surface area contributed by atoms with Gasteiger partial charge in [-0.25, -0.2) is 4.98 Å². The standard InChI is InChI=1S/C12H9ClN2O2/c13-11-7-14-9-5-4-8(6-10(9)15-11)2-1-3-12(16)17/h1-2,4-7H,3H2,(H,16,17). The van der Waals surface area contributed by atoms with Crippen molar-refractivity contribution in [2.75, 3.05) is 0 Å². The summed E-state index contributed by atoms with van der Waals surface area (Å²) in [4.78, 5) is 18.6. The van der Waals surface area contributed by atoms with Gasteiger partial charge >= 0.3 is 5.97 Å². The molecule has 0 aliphatic carbocycles. The van der Waals surface area contributed by atoms with E-state index in [1.807, 2.05) is 18.2 Å². The van der Waals surface area contributed by atoms with E-state index in [9.17, 15) is 4.79 Å². The fraction of sp³-hybridized carbons (Fsp3) is 0.0833. The van der Waals surface area contributed by atoms with Crippen LogP contribution in [0, 0.1) is 0 Å². The van der Waals surface area contributed by atoms with Gasteiger partial charge in [0.2, 0.25) is 0 Å². The van der Waals surface area contributed by atoms with Crippen LogP contribution in [0.5, 0.6) is 0 Å². The van der Waals surface area contributed by atoms with Crippen LogP contribution in [0.2, 0.25) is 5.15 Å². The minimum Gasteiger partial charge on any atom is -0.481 e. The molecule has 0 aliphatic rings. The van der Waals surface area contributed by atoms with Crippen molar-refractivity contribution in [2.24, 2.45) is 0 Å². The summed E-state index contributed by atoms with van der Waals surface area (Å²) >= 11 is 5.75. The first kappa shape index (κ1) is 11.5. The first-order valence-corrected chi connectivity index (χ1v) is 5.33. The molecule has 4 nitrogen and oxygen atoms in total. The number of hydrogen-bond donors (Lipinski definition) is 1. The molecular weight excluding hydrogens is 240 g/mol. The Bertz CT molecular complexity index is 596. The third-order valence-electron chi connectivity index (χ3n) is 2.14. The largest absolute Gasteiger partial charge is 0.481 e. The smallest absolute Gasteiger partial charge is 0.307 e. The second kappa shape index (κ2) is 4.93. The average Bonchev–Trinajstić information content (AvgIpc) is 2.28. The number of fused-ring (bicyclic) bond motifs is 1. The molecule has 0 aliphatic heterocycles. The second-order valence-electron chi connectivity index (χ2n) is 3.44. The van der Waals surface area contributed by atoms with Gasteiger partial charge in [0, 0.05) is 0 Å². The normalized spacial score (nSPS) is 11.1. The van der Waals surface area contributed by atoms with Crippen LogP contribution in [0.1, 0.15) is 12.0 Å². The average molecular weight is 249 g/mol. The fourth-order valence-corrected chi connectivity index (χ4v) is 1.55. The van der Waals surface area contributed by atoms with Gasteiger partial charge < -0.3 is 5.11 Å². The molecule has 0 saturated heterocycles. The Morgan fingerprint density at radius 2 is 2.24 bits per heavy atom. The van der Waals surface area contributed by atoms with E-state index in [-0.39, 0.29) is 6.42 Å². The van der Waals surface area contributed by atoms with Crippen molar-refractivity contribution in [2.45, 2.75) is 6.42 Å². The van der Waals surface area contributed by atoms with Crippen LogP contribution < -0.4 is 0 Å². The summed E-state index contributed by atoms with van der Waals surface area (Å²) in [5, 5.41) is 8.85. The van der Waals surface area contributed by atoms with Gasteiger partial charge in [0.15, 0.2) is 0 Å². The van der Waals surface area contributed by atoms with Crippen molar-refractivity contribution in [3.63, 3.8) is 0 Å². The van der Waals surface area contributed by atoms with Crippen molar-refractivity contribution < 1.29 is 9.90 Å². The highest BCUT2D eigenvalue weighted by Crippen LogP contribution is 2.15. The molecule has 5 heteroatoms. The number of rotatable bonds is 3. The van der Waals surface area contributed by atoms with Crippen LogP contribution in [-0.4, -0.2) is 21.0 Å². The number of aliphatic carboxylic acids is 1. The minimum absolute atomic E-state index is 0.000733. The zero-order chi connectivity index (χ0) is 12.3. The Balaban J connectivity index is 2.30. The predicted octanol–water partition coefficient (Wildman–Crippen LogP) is 2.77. The molecule has 0 amide bonds. The van der Waals surface area contributed by atoms with E-state index in [1.165, 1.54) is 6.20 Å². The summed E-state index contributed by atoms with van der Waals surface area (Å²) in [5.74, 6) is -0.857. The molecule has 0 bridgehead atoms. The number of carboxylic acids is 1. The van der Waals surface area contributed by atoms with Gasteiger partial charge in [0.25, 0.3) is 0 Å². The van der Waals surface area contributed by atoms with Crippen LogP contribution in [-0.2, 0) is 4.79 Å². The highest BCUT2D eigenvalue weighted by molar-refractivity contribution is 6.29. The molecule has 2 aromatic rings. The maximum absolute atomic E-state index is 10.4. The number of benzene rings is 1. The minimum atomic E-state index is -0.857. The van der Waals surface area contributed by atoms with Crippen molar-refractivity contribution >= 4 is 34.7 Å². The molecule has 0 atom stereocenters. The number of halogens is 1. The molecule has 0 saturated carbocycles. The summed E-state index contributed by atoms with van der Waals surface area (Å²) in [6.07, 6.45) is 4.81. The molecule has 1 aromatic carbocycles. The summed E-state index contributed by atoms with van der Waals surface area (Å²) in [5.41, 5.74) is 2.31. The Labute approximate surface area is 103 Å². The van der Waals surface area contributed by atoms with E-state index in [0.29, 0.717) is 10.7 Å². The number of carbonyl (C=O) groups is 1. The van der Waals surface area contributed by atoms with Crippen LogP contribution in [0.4, 0.5) is 0 Å². The Hall–Kier alpha value is -1.94. The lowest BCUT2D eigenvalue weighted by Crippen LogP contribution is -1.89. The molecular formula is C12H9ClN2O2. The highest BCUT2D eigenvalue weighted by Gasteiger charge is 1.98. The van der Waals surface area contributed by atoms with Crippen molar-refractivity contribution in [1.29, 1.82) is 0 Å². The van der Waals surface area contributed by atoms with E-state index in [0.717, 1.165) is 11.1 Å². The highest BCUT2D eigenvalue weighted by atomic mass is 35.5. The molecule has 17 heavy (non-hydrogen) atoms. The molecule has 0 radical (unpaired) electrons. The predicted molar refractivity (Wildman–Crippen MR) is 65.8 cm³/mol. The van der Waals surface area contributed by atoms with Crippen LogP contribution in [0.3, 0.4) is 0 Å². The van der Waals surface area contributed by atoms with Gasteiger partial charge in [-0.2, -0.15) is 0 Å². The molecule has 2 rings (SSSR count). The Kier molecular flexibility index (Phi) is 3.35. The van der Waals surface area contributed by atoms with Crippen molar-refractivity contribution in [3.05, 3.63) is 41.2 Å². The maximum atomic E-state index is 10.4. The molecule has 1 N–H and O–H groups in total. The van der Waals surface area contributed by atoms with Crippen LogP contribution >= 0.6 is 11.6 Å². The quantitative estimate of drug-likeness (QED) is 0.907. The molecule has 0 fully saturated rings. The summed E-state index contributed by atoms with van der Waals surface area (Å²) in [6.45, 7) is 0. The third-order valence-corrected chi connectivity index (χ3v) is 2.32. The lowest BCUT2D eigenvalue weighted by Gasteiger charge is -1.98. The van der Waals surface area contributed by atoms with Gasteiger partial charge in [-0.3, -0.25) is 9.78 Å². The fourth-order valence-electron chi connectivity index (χ4n) is 1.41. The second-order valence-corrected chi connectivity index (χ2v) is 3.83. The van der Waals surface area contributed by atoms with E-state index < -0.39 is 5.97 Å². The van der Waals surface area contributed by atoms with Gasteiger partial charge in [-0.15, -0.1) is 0 Å². The summed E-state index contributed by atoms with van der Waals surface area (Å²) in [7, 11) is 0. The molecule has 0 unspecified atom stereocenters. The Morgan fingerprint density at radius 1 is 1.41 bits per heavy atom. The topological polar surface area (TPSA) is 63.1 Å². The molecule has 1 aromatic heterocycles. The van der Waals surface area contributed by atoms with Gasteiger partial charge in [0.05, 0.1) is 23.7 Å². The maximum Gasteiger partial charge on any atom is 0.307 e. The SMILES string of the molecule is O=C(O)CC=Cc1ccc2ncc(Cl)nc2c1. The van der Waals surface area contributed by atoms with E-state index in [1.54, 1.807) is 12.2 Å². The number of aromatic nitrogens is 2. The van der Waals surface area contributed by atoms with Crippen molar-refractivity contribution in [3.8, 4) is 0 Å². The van der Waals surface area contributed by atoms with Crippen LogP contribution in [0.15, 0.2) is 30.5 Å². The van der Waals surface area contributed by atoms with Gasteiger partial charge in [-0.05, 0) is 17.7 Å². The first-order chi connectivity index (χ1) is 8.15. The number of carboxylic acid groups (broad SMARTS) is 1. The van der Waals surface area contributed by atoms with E-state index >= 15 is 0 Å². The molecule has 1 heterocycles. The lowest BCUT2D eigenvalue weighted by atomic mass is 10.1. The van der Waals surface area contributed by atoms with Crippen molar-refractivity contribution in [1.82, 2.24) is 9.97 Å². The monoisotopic (exact) mass is 248 g/mol. The Morgan fingerprint density at radius 3 is 3.00 bits per heavy atom.